The Labute approximate surface area is 135 Å². The van der Waals surface area contributed by atoms with E-state index in [0.29, 0.717) is 12.1 Å². The van der Waals surface area contributed by atoms with Crippen LogP contribution in [0.5, 0.6) is 0 Å². The summed E-state index contributed by atoms with van der Waals surface area (Å²) in [6, 6.07) is 15.3. The highest BCUT2D eigenvalue weighted by molar-refractivity contribution is 6.05. The van der Waals surface area contributed by atoms with E-state index >= 15 is 0 Å². The Morgan fingerprint density at radius 3 is 2.26 bits per heavy atom. The maximum atomic E-state index is 12.9. The molecule has 0 bridgehead atoms. The minimum atomic E-state index is -0.0780. The summed E-state index contributed by atoms with van der Waals surface area (Å²) >= 11 is 0. The van der Waals surface area contributed by atoms with E-state index in [4.69, 9.17) is 0 Å². The van der Waals surface area contributed by atoms with E-state index in [1.54, 1.807) is 41.8 Å². The molecule has 0 aliphatic carbocycles. The molecule has 4 heteroatoms. The van der Waals surface area contributed by atoms with Gasteiger partial charge in [-0.15, -0.1) is 0 Å². The van der Waals surface area contributed by atoms with Gasteiger partial charge in [0.1, 0.15) is 0 Å². The summed E-state index contributed by atoms with van der Waals surface area (Å²) in [4.78, 5) is 22.8. The number of nitrogens with zero attached hydrogens (tertiary/aromatic N) is 3. The molecule has 1 amide bonds. The average molecular weight is 303 g/mol. The van der Waals surface area contributed by atoms with Crippen molar-refractivity contribution >= 4 is 11.6 Å². The Morgan fingerprint density at radius 2 is 1.65 bits per heavy atom. The van der Waals surface area contributed by atoms with Gasteiger partial charge in [-0.25, -0.2) is 0 Å². The van der Waals surface area contributed by atoms with E-state index in [2.05, 4.69) is 9.97 Å². The zero-order valence-electron chi connectivity index (χ0n) is 12.9. The first-order valence-corrected chi connectivity index (χ1v) is 7.41. The molecule has 0 atom stereocenters. The molecule has 0 aliphatic rings. The molecule has 0 radical (unpaired) electrons. The van der Waals surface area contributed by atoms with E-state index in [1.807, 2.05) is 43.3 Å². The number of carbonyl (C=O) groups excluding carboxylic acids is 1. The Balaban J connectivity index is 1.96. The lowest BCUT2D eigenvalue weighted by Crippen LogP contribution is -2.30. The van der Waals surface area contributed by atoms with E-state index < -0.39 is 0 Å². The molecule has 4 nitrogen and oxygen atoms in total. The summed E-state index contributed by atoms with van der Waals surface area (Å²) in [7, 11) is 0. The molecular formula is C19H17N3O. The molecule has 3 rings (SSSR count). The van der Waals surface area contributed by atoms with Gasteiger partial charge < -0.3 is 4.90 Å². The van der Waals surface area contributed by atoms with Gasteiger partial charge in [-0.3, -0.25) is 14.8 Å². The lowest BCUT2D eigenvalue weighted by Gasteiger charge is -2.23. The molecule has 0 spiro atoms. The van der Waals surface area contributed by atoms with Crippen LogP contribution in [0, 0.1) is 6.92 Å². The van der Waals surface area contributed by atoms with Crippen molar-refractivity contribution in [2.75, 3.05) is 4.90 Å². The van der Waals surface area contributed by atoms with Crippen LogP contribution in [0.4, 0.5) is 5.69 Å². The van der Waals surface area contributed by atoms with Crippen LogP contribution in [-0.2, 0) is 6.54 Å². The molecule has 0 saturated carbocycles. The summed E-state index contributed by atoms with van der Waals surface area (Å²) in [6.07, 6.45) is 6.75. The van der Waals surface area contributed by atoms with Gasteiger partial charge in [0, 0.05) is 30.5 Å². The van der Waals surface area contributed by atoms with Crippen molar-refractivity contribution in [1.82, 2.24) is 9.97 Å². The fourth-order valence-electron chi connectivity index (χ4n) is 2.32. The highest BCUT2D eigenvalue weighted by Gasteiger charge is 2.18. The van der Waals surface area contributed by atoms with E-state index in [0.717, 1.165) is 16.8 Å². The Bertz CT molecular complexity index is 771. The van der Waals surface area contributed by atoms with Gasteiger partial charge in [0.05, 0.1) is 12.1 Å². The van der Waals surface area contributed by atoms with Crippen molar-refractivity contribution in [2.24, 2.45) is 0 Å². The molecule has 1 aromatic carbocycles. The number of anilines is 1. The first kappa shape index (κ1) is 14.9. The summed E-state index contributed by atoms with van der Waals surface area (Å²) in [5.74, 6) is -0.0780. The molecular weight excluding hydrogens is 286 g/mol. The van der Waals surface area contributed by atoms with Crippen molar-refractivity contribution in [2.45, 2.75) is 13.5 Å². The number of hydrogen-bond donors (Lipinski definition) is 0. The zero-order valence-corrected chi connectivity index (χ0v) is 12.9. The third-order valence-corrected chi connectivity index (χ3v) is 3.56. The van der Waals surface area contributed by atoms with Gasteiger partial charge in [0.25, 0.3) is 5.91 Å². The average Bonchev–Trinajstić information content (AvgIpc) is 2.62. The SMILES string of the molecule is Cc1ccc(N(Cc2cccnc2)C(=O)c2cccnc2)cc1. The predicted molar refractivity (Wildman–Crippen MR) is 90.2 cm³/mol. The molecule has 0 aliphatic heterocycles. The van der Waals surface area contributed by atoms with Gasteiger partial charge in [-0.2, -0.15) is 0 Å². The number of aromatic nitrogens is 2. The monoisotopic (exact) mass is 303 g/mol. The Kier molecular flexibility index (Phi) is 4.43. The van der Waals surface area contributed by atoms with E-state index in [-0.39, 0.29) is 5.91 Å². The van der Waals surface area contributed by atoms with Crippen LogP contribution in [-0.4, -0.2) is 15.9 Å². The summed E-state index contributed by atoms with van der Waals surface area (Å²) in [6.45, 7) is 2.49. The summed E-state index contributed by atoms with van der Waals surface area (Å²) in [5, 5.41) is 0. The van der Waals surface area contributed by atoms with Crippen molar-refractivity contribution in [3.63, 3.8) is 0 Å². The van der Waals surface area contributed by atoms with Gasteiger partial charge >= 0.3 is 0 Å². The summed E-state index contributed by atoms with van der Waals surface area (Å²) < 4.78 is 0. The zero-order chi connectivity index (χ0) is 16.1. The largest absolute Gasteiger partial charge is 0.304 e. The molecule has 3 aromatic rings. The first-order chi connectivity index (χ1) is 11.2. The standard InChI is InChI=1S/C19H17N3O/c1-15-6-8-18(9-7-15)22(14-16-4-2-10-20-12-16)19(23)17-5-3-11-21-13-17/h2-13H,14H2,1H3. The quantitative estimate of drug-likeness (QED) is 0.739. The minimum Gasteiger partial charge on any atom is -0.304 e. The van der Waals surface area contributed by atoms with Crippen LogP contribution in [0.1, 0.15) is 21.5 Å². The van der Waals surface area contributed by atoms with Gasteiger partial charge in [-0.05, 0) is 42.8 Å². The van der Waals surface area contributed by atoms with E-state index in [9.17, 15) is 4.79 Å². The number of aryl methyl sites for hydroxylation is 1. The second kappa shape index (κ2) is 6.83. The number of hydrogen-bond acceptors (Lipinski definition) is 3. The van der Waals surface area contributed by atoms with Crippen molar-refractivity contribution in [3.8, 4) is 0 Å². The molecule has 0 saturated heterocycles. The maximum absolute atomic E-state index is 12.9. The van der Waals surface area contributed by atoms with Crippen LogP contribution in [0.25, 0.3) is 0 Å². The number of benzene rings is 1. The Morgan fingerprint density at radius 1 is 0.957 bits per heavy atom. The molecule has 2 heterocycles. The number of amides is 1. The van der Waals surface area contributed by atoms with Crippen LogP contribution in [0.15, 0.2) is 73.3 Å². The minimum absolute atomic E-state index is 0.0780. The molecule has 114 valence electrons. The predicted octanol–water partition coefficient (Wildman–Crippen LogP) is 3.63. The highest BCUT2D eigenvalue weighted by atomic mass is 16.2. The number of pyridine rings is 2. The second-order valence-electron chi connectivity index (χ2n) is 5.33. The summed E-state index contributed by atoms with van der Waals surface area (Å²) in [5.41, 5.74) is 3.56. The van der Waals surface area contributed by atoms with Crippen LogP contribution < -0.4 is 4.90 Å². The van der Waals surface area contributed by atoms with Crippen LogP contribution in [0.2, 0.25) is 0 Å². The second-order valence-corrected chi connectivity index (χ2v) is 5.33. The molecule has 0 N–H and O–H groups in total. The lowest BCUT2D eigenvalue weighted by atomic mass is 10.1. The third kappa shape index (κ3) is 3.61. The van der Waals surface area contributed by atoms with Gasteiger partial charge in [-0.1, -0.05) is 23.8 Å². The fourth-order valence-corrected chi connectivity index (χ4v) is 2.32. The smallest absolute Gasteiger partial charge is 0.260 e. The van der Waals surface area contributed by atoms with Gasteiger partial charge in [0.2, 0.25) is 0 Å². The van der Waals surface area contributed by atoms with E-state index in [1.165, 1.54) is 0 Å². The van der Waals surface area contributed by atoms with Crippen molar-refractivity contribution in [1.29, 1.82) is 0 Å². The molecule has 2 aromatic heterocycles. The highest BCUT2D eigenvalue weighted by Crippen LogP contribution is 2.20. The molecule has 23 heavy (non-hydrogen) atoms. The van der Waals surface area contributed by atoms with Crippen LogP contribution in [0.3, 0.4) is 0 Å². The van der Waals surface area contributed by atoms with Crippen LogP contribution >= 0.6 is 0 Å². The molecule has 0 fully saturated rings. The van der Waals surface area contributed by atoms with Gasteiger partial charge in [0.15, 0.2) is 0 Å². The Hall–Kier alpha value is -3.01. The topological polar surface area (TPSA) is 46.1 Å². The normalized spacial score (nSPS) is 10.3. The number of rotatable bonds is 4. The third-order valence-electron chi connectivity index (χ3n) is 3.56. The fraction of sp³-hybridized carbons (Fsp3) is 0.105. The van der Waals surface area contributed by atoms with Crippen molar-refractivity contribution in [3.05, 3.63) is 90.0 Å². The first-order valence-electron chi connectivity index (χ1n) is 7.41. The maximum Gasteiger partial charge on any atom is 0.260 e. The molecule has 0 unspecified atom stereocenters. The lowest BCUT2D eigenvalue weighted by molar-refractivity contribution is 0.0985. The number of carbonyl (C=O) groups is 1. The van der Waals surface area contributed by atoms with Crippen molar-refractivity contribution < 1.29 is 4.79 Å².